The summed E-state index contributed by atoms with van der Waals surface area (Å²) < 4.78 is 27.7. The average molecular weight is 480 g/mol. The van der Waals surface area contributed by atoms with Crippen molar-refractivity contribution < 1.29 is 13.2 Å². The summed E-state index contributed by atoms with van der Waals surface area (Å²) in [6, 6.07) is 18.3. The van der Waals surface area contributed by atoms with Gasteiger partial charge in [0.05, 0.1) is 10.6 Å². The van der Waals surface area contributed by atoms with Crippen molar-refractivity contribution in [1.82, 2.24) is 14.5 Å². The molecule has 1 saturated heterocycles. The van der Waals surface area contributed by atoms with Gasteiger partial charge in [-0.2, -0.15) is 4.31 Å². The number of aryl methyl sites for hydroxylation is 1. The zero-order valence-electron chi connectivity index (χ0n) is 19.4. The molecule has 0 saturated carbocycles. The molecule has 4 rings (SSSR count). The van der Waals surface area contributed by atoms with Crippen LogP contribution >= 0.6 is 0 Å². The van der Waals surface area contributed by atoms with Gasteiger partial charge in [-0.25, -0.2) is 8.42 Å². The van der Waals surface area contributed by atoms with Crippen LogP contribution in [0.2, 0.25) is 0 Å². The zero-order chi connectivity index (χ0) is 24.1. The molecule has 1 aromatic heterocycles. The first-order valence-corrected chi connectivity index (χ1v) is 12.9. The fraction of sp³-hybridized carbons (Fsp3) is 0.320. The van der Waals surface area contributed by atoms with Crippen molar-refractivity contribution in [3.8, 4) is 11.3 Å². The SMILES string of the molecule is CCCC(=O)Nc1ccc(S(=O)(=O)N2CCN(c3ccc(-c4ccccc4C)nn3)CC2)cc1. The first-order valence-electron chi connectivity index (χ1n) is 11.4. The van der Waals surface area contributed by atoms with Gasteiger partial charge in [0.25, 0.3) is 0 Å². The van der Waals surface area contributed by atoms with E-state index in [1.165, 1.54) is 4.31 Å². The van der Waals surface area contributed by atoms with Crippen molar-refractivity contribution in [3.05, 3.63) is 66.2 Å². The van der Waals surface area contributed by atoms with Crippen LogP contribution in [0.25, 0.3) is 11.3 Å². The Morgan fingerprint density at radius 3 is 2.26 bits per heavy atom. The number of rotatable bonds is 7. The molecule has 0 atom stereocenters. The molecule has 0 spiro atoms. The molecular weight excluding hydrogens is 450 g/mol. The summed E-state index contributed by atoms with van der Waals surface area (Å²) in [5.74, 6) is 0.658. The highest BCUT2D eigenvalue weighted by Gasteiger charge is 2.29. The molecule has 2 heterocycles. The molecule has 1 aliphatic heterocycles. The second-order valence-electron chi connectivity index (χ2n) is 8.31. The summed E-state index contributed by atoms with van der Waals surface area (Å²) in [4.78, 5) is 14.0. The maximum Gasteiger partial charge on any atom is 0.243 e. The Morgan fingerprint density at radius 1 is 0.941 bits per heavy atom. The zero-order valence-corrected chi connectivity index (χ0v) is 20.3. The van der Waals surface area contributed by atoms with Gasteiger partial charge in [-0.1, -0.05) is 31.2 Å². The average Bonchev–Trinajstić information content (AvgIpc) is 2.85. The van der Waals surface area contributed by atoms with Gasteiger partial charge in [-0.15, -0.1) is 10.2 Å². The molecule has 1 aliphatic rings. The second-order valence-corrected chi connectivity index (χ2v) is 10.2. The first kappa shape index (κ1) is 23.8. The lowest BCUT2D eigenvalue weighted by atomic mass is 10.1. The Hall–Kier alpha value is -3.30. The van der Waals surface area contributed by atoms with E-state index in [-0.39, 0.29) is 10.8 Å². The molecule has 34 heavy (non-hydrogen) atoms. The van der Waals surface area contributed by atoms with Gasteiger partial charge in [0.1, 0.15) is 0 Å². The van der Waals surface area contributed by atoms with E-state index in [4.69, 9.17) is 0 Å². The highest BCUT2D eigenvalue weighted by Crippen LogP contribution is 2.24. The monoisotopic (exact) mass is 479 g/mol. The van der Waals surface area contributed by atoms with E-state index in [0.29, 0.717) is 38.3 Å². The lowest BCUT2D eigenvalue weighted by Crippen LogP contribution is -2.49. The second kappa shape index (κ2) is 10.3. The minimum Gasteiger partial charge on any atom is -0.352 e. The van der Waals surface area contributed by atoms with Gasteiger partial charge in [0.15, 0.2) is 5.82 Å². The highest BCUT2D eigenvalue weighted by molar-refractivity contribution is 7.89. The van der Waals surface area contributed by atoms with Crippen LogP contribution < -0.4 is 10.2 Å². The number of hydrogen-bond acceptors (Lipinski definition) is 6. The predicted molar refractivity (Wildman–Crippen MR) is 133 cm³/mol. The van der Waals surface area contributed by atoms with E-state index in [0.717, 1.165) is 29.1 Å². The van der Waals surface area contributed by atoms with Crippen LogP contribution in [0, 0.1) is 6.92 Å². The van der Waals surface area contributed by atoms with Gasteiger partial charge in [0.2, 0.25) is 15.9 Å². The number of sulfonamides is 1. The standard InChI is InChI=1S/C25H29N5O3S/c1-3-6-25(31)26-20-9-11-21(12-10-20)34(32,33)30-17-15-29(16-18-30)24-14-13-23(27-28-24)22-8-5-4-7-19(22)2/h4-5,7-14H,3,6,15-18H2,1-2H3,(H,26,31). The lowest BCUT2D eigenvalue weighted by Gasteiger charge is -2.34. The van der Waals surface area contributed by atoms with Crippen LogP contribution in [0.3, 0.4) is 0 Å². The molecule has 1 N–H and O–H groups in total. The molecule has 0 radical (unpaired) electrons. The third-order valence-electron chi connectivity index (χ3n) is 5.89. The number of carbonyl (C=O) groups is 1. The number of amides is 1. The van der Waals surface area contributed by atoms with E-state index >= 15 is 0 Å². The van der Waals surface area contributed by atoms with E-state index in [9.17, 15) is 13.2 Å². The molecule has 1 amide bonds. The minimum absolute atomic E-state index is 0.0794. The third-order valence-corrected chi connectivity index (χ3v) is 7.80. The highest BCUT2D eigenvalue weighted by atomic mass is 32.2. The van der Waals surface area contributed by atoms with Crippen molar-refractivity contribution in [2.24, 2.45) is 0 Å². The maximum absolute atomic E-state index is 13.1. The summed E-state index contributed by atoms with van der Waals surface area (Å²) in [5, 5.41) is 11.5. The van der Waals surface area contributed by atoms with Gasteiger partial charge in [0, 0.05) is 43.9 Å². The van der Waals surface area contributed by atoms with E-state index < -0.39 is 10.0 Å². The number of hydrogen-bond donors (Lipinski definition) is 1. The summed E-state index contributed by atoms with van der Waals surface area (Å²) in [6.45, 7) is 5.76. The summed E-state index contributed by atoms with van der Waals surface area (Å²) in [6.07, 6.45) is 1.19. The molecule has 0 unspecified atom stereocenters. The maximum atomic E-state index is 13.1. The van der Waals surface area contributed by atoms with Gasteiger partial charge in [-0.05, 0) is 55.3 Å². The number of anilines is 2. The Morgan fingerprint density at radius 2 is 1.65 bits per heavy atom. The Balaban J connectivity index is 1.38. The van der Waals surface area contributed by atoms with Crippen molar-refractivity contribution in [2.45, 2.75) is 31.6 Å². The van der Waals surface area contributed by atoms with Crippen LogP contribution in [-0.2, 0) is 14.8 Å². The lowest BCUT2D eigenvalue weighted by molar-refractivity contribution is -0.116. The molecule has 0 aliphatic carbocycles. The third kappa shape index (κ3) is 5.26. The molecule has 178 valence electrons. The van der Waals surface area contributed by atoms with Crippen LogP contribution in [0.4, 0.5) is 11.5 Å². The Bertz CT molecular complexity index is 1240. The molecule has 9 heteroatoms. The molecule has 1 fully saturated rings. The molecular formula is C25H29N5O3S. The van der Waals surface area contributed by atoms with Crippen LogP contribution in [-0.4, -0.2) is 55.0 Å². The topological polar surface area (TPSA) is 95.5 Å². The quantitative estimate of drug-likeness (QED) is 0.555. The van der Waals surface area contributed by atoms with Crippen molar-refractivity contribution in [3.63, 3.8) is 0 Å². The Labute approximate surface area is 200 Å². The molecule has 3 aromatic rings. The van der Waals surface area contributed by atoms with Gasteiger partial charge in [-0.3, -0.25) is 4.79 Å². The van der Waals surface area contributed by atoms with Crippen molar-refractivity contribution in [1.29, 1.82) is 0 Å². The number of carbonyl (C=O) groups excluding carboxylic acids is 1. The molecule has 8 nitrogen and oxygen atoms in total. The van der Waals surface area contributed by atoms with Crippen molar-refractivity contribution in [2.75, 3.05) is 36.4 Å². The van der Waals surface area contributed by atoms with Crippen LogP contribution in [0.5, 0.6) is 0 Å². The van der Waals surface area contributed by atoms with Crippen LogP contribution in [0.1, 0.15) is 25.3 Å². The Kier molecular flexibility index (Phi) is 7.23. The van der Waals surface area contributed by atoms with E-state index in [1.807, 2.05) is 55.1 Å². The summed E-state index contributed by atoms with van der Waals surface area (Å²) in [7, 11) is -3.61. The summed E-state index contributed by atoms with van der Waals surface area (Å²) in [5.41, 5.74) is 3.60. The predicted octanol–water partition coefficient (Wildman–Crippen LogP) is 3.70. The fourth-order valence-electron chi connectivity index (χ4n) is 3.97. The molecule has 2 aromatic carbocycles. The van der Waals surface area contributed by atoms with Crippen molar-refractivity contribution >= 4 is 27.4 Å². The number of benzene rings is 2. The van der Waals surface area contributed by atoms with Crippen LogP contribution in [0.15, 0.2) is 65.6 Å². The number of aromatic nitrogens is 2. The first-order chi connectivity index (χ1) is 16.4. The van der Waals surface area contributed by atoms with E-state index in [1.54, 1.807) is 24.3 Å². The number of piperazine rings is 1. The fourth-order valence-corrected chi connectivity index (χ4v) is 5.39. The molecule has 0 bridgehead atoms. The van der Waals surface area contributed by atoms with E-state index in [2.05, 4.69) is 15.5 Å². The van der Waals surface area contributed by atoms with Gasteiger partial charge < -0.3 is 10.2 Å². The minimum atomic E-state index is -3.61. The number of nitrogens with zero attached hydrogens (tertiary/aromatic N) is 4. The number of nitrogens with one attached hydrogen (secondary N) is 1. The summed E-state index contributed by atoms with van der Waals surface area (Å²) >= 11 is 0. The smallest absolute Gasteiger partial charge is 0.243 e. The largest absolute Gasteiger partial charge is 0.352 e. The van der Waals surface area contributed by atoms with Gasteiger partial charge >= 0.3 is 0 Å². The normalized spacial score (nSPS) is 14.7.